The van der Waals surface area contributed by atoms with Crippen molar-refractivity contribution in [2.45, 2.75) is 59.2 Å². The highest BCUT2D eigenvalue weighted by atomic mass is 16.5. The molecule has 1 unspecified atom stereocenters. The largest absolute Gasteiger partial charge is 0.488 e. The number of rotatable bonds is 9. The molecule has 1 heterocycles. The van der Waals surface area contributed by atoms with E-state index in [1.54, 1.807) is 0 Å². The highest BCUT2D eigenvalue weighted by Crippen LogP contribution is 2.24. The van der Waals surface area contributed by atoms with Crippen LogP contribution in [0.15, 0.2) is 23.2 Å². The van der Waals surface area contributed by atoms with Crippen molar-refractivity contribution in [2.24, 2.45) is 4.99 Å². The van der Waals surface area contributed by atoms with Crippen molar-refractivity contribution < 1.29 is 14.3 Å². The summed E-state index contributed by atoms with van der Waals surface area (Å²) in [6.07, 6.45) is 1.43. The molecule has 0 radical (unpaired) electrons. The van der Waals surface area contributed by atoms with Crippen LogP contribution in [0.1, 0.15) is 44.7 Å². The number of nitrogens with zero attached hydrogens (tertiary/aromatic N) is 1. The summed E-state index contributed by atoms with van der Waals surface area (Å²) in [4.78, 5) is 16.4. The maximum absolute atomic E-state index is 11.8. The molecule has 1 aromatic rings. The average Bonchev–Trinajstić information content (AvgIpc) is 3.13. The molecule has 7 nitrogen and oxygen atoms in total. The zero-order valence-corrected chi connectivity index (χ0v) is 17.5. The van der Waals surface area contributed by atoms with Gasteiger partial charge in [-0.05, 0) is 39.3 Å². The number of hydrogen-bond acceptors (Lipinski definition) is 4. The van der Waals surface area contributed by atoms with Crippen molar-refractivity contribution in [1.82, 2.24) is 16.0 Å². The second-order valence-electron chi connectivity index (χ2n) is 7.31. The van der Waals surface area contributed by atoms with Crippen molar-refractivity contribution in [3.05, 3.63) is 29.3 Å². The van der Waals surface area contributed by atoms with E-state index < -0.39 is 0 Å². The lowest BCUT2D eigenvalue weighted by Gasteiger charge is -2.16. The van der Waals surface area contributed by atoms with E-state index in [4.69, 9.17) is 9.47 Å². The van der Waals surface area contributed by atoms with Gasteiger partial charge < -0.3 is 25.4 Å². The van der Waals surface area contributed by atoms with Gasteiger partial charge in [0.2, 0.25) is 5.91 Å². The summed E-state index contributed by atoms with van der Waals surface area (Å²) in [5.74, 6) is 1.59. The molecule has 0 spiro atoms. The summed E-state index contributed by atoms with van der Waals surface area (Å²) in [5.41, 5.74) is 2.19. The Bertz CT molecular complexity index is 655. The Kier molecular flexibility index (Phi) is 9.07. The van der Waals surface area contributed by atoms with Gasteiger partial charge in [-0.1, -0.05) is 12.1 Å². The van der Waals surface area contributed by atoms with Crippen molar-refractivity contribution >= 4 is 11.9 Å². The van der Waals surface area contributed by atoms with Gasteiger partial charge >= 0.3 is 0 Å². The Labute approximate surface area is 168 Å². The van der Waals surface area contributed by atoms with Crippen LogP contribution in [0.3, 0.4) is 0 Å². The van der Waals surface area contributed by atoms with Crippen molar-refractivity contribution in [3.63, 3.8) is 0 Å². The molecule has 1 aromatic carbocycles. The number of benzene rings is 1. The van der Waals surface area contributed by atoms with Gasteiger partial charge in [-0.2, -0.15) is 0 Å². The van der Waals surface area contributed by atoms with Gasteiger partial charge in [0, 0.05) is 37.5 Å². The zero-order valence-electron chi connectivity index (χ0n) is 17.5. The first-order chi connectivity index (χ1) is 13.5. The standard InChI is InChI=1S/C21H34N4O3/c1-5-22-21(23-10-8-20(26)25-15(2)3)24-13-17-7-6-16(4)12-19(17)28-18-9-11-27-14-18/h6-7,12,15,18H,5,8-11,13-14H2,1-4H3,(H,25,26)(H2,22,23,24). The molecule has 0 aliphatic carbocycles. The van der Waals surface area contributed by atoms with Crippen molar-refractivity contribution in [2.75, 3.05) is 26.3 Å². The van der Waals surface area contributed by atoms with E-state index in [2.05, 4.69) is 46.1 Å². The molecule has 1 aliphatic rings. The third-order valence-corrected chi connectivity index (χ3v) is 4.25. The summed E-state index contributed by atoms with van der Waals surface area (Å²) in [6, 6.07) is 6.34. The summed E-state index contributed by atoms with van der Waals surface area (Å²) in [6.45, 7) is 11.1. The molecule has 156 valence electrons. The molecule has 1 aliphatic heterocycles. The lowest BCUT2D eigenvalue weighted by molar-refractivity contribution is -0.121. The second-order valence-corrected chi connectivity index (χ2v) is 7.31. The summed E-state index contributed by atoms with van der Waals surface area (Å²) in [7, 11) is 0. The predicted molar refractivity (Wildman–Crippen MR) is 112 cm³/mol. The molecule has 1 fully saturated rings. The van der Waals surface area contributed by atoms with Crippen LogP contribution in [0, 0.1) is 6.92 Å². The van der Waals surface area contributed by atoms with Crippen LogP contribution in [0.4, 0.5) is 0 Å². The van der Waals surface area contributed by atoms with Gasteiger partial charge in [0.25, 0.3) is 0 Å². The minimum Gasteiger partial charge on any atom is -0.488 e. The van der Waals surface area contributed by atoms with Crippen LogP contribution in [-0.2, 0) is 16.1 Å². The Morgan fingerprint density at radius 1 is 1.36 bits per heavy atom. The van der Waals surface area contributed by atoms with E-state index in [1.165, 1.54) is 0 Å². The third kappa shape index (κ3) is 7.76. The Hall–Kier alpha value is -2.28. The number of hydrogen-bond donors (Lipinski definition) is 3. The van der Waals surface area contributed by atoms with Crippen LogP contribution < -0.4 is 20.7 Å². The van der Waals surface area contributed by atoms with E-state index in [1.807, 2.05) is 20.8 Å². The summed E-state index contributed by atoms with van der Waals surface area (Å²) in [5, 5.41) is 9.32. The third-order valence-electron chi connectivity index (χ3n) is 4.25. The number of aliphatic imine (C=N–C) groups is 1. The first kappa shape index (κ1) is 22.0. The molecule has 3 N–H and O–H groups in total. The van der Waals surface area contributed by atoms with E-state index in [0.717, 1.165) is 36.4 Å². The SMILES string of the molecule is CCNC(=NCc1ccc(C)cc1OC1CCOC1)NCCC(=O)NC(C)C. The quantitative estimate of drug-likeness (QED) is 0.444. The Morgan fingerprint density at radius 2 is 2.18 bits per heavy atom. The molecule has 1 saturated heterocycles. The molecule has 1 amide bonds. The minimum atomic E-state index is 0.0337. The fourth-order valence-electron chi connectivity index (χ4n) is 2.88. The molecule has 0 saturated carbocycles. The molecule has 2 rings (SSSR count). The van der Waals surface area contributed by atoms with Crippen molar-refractivity contribution in [1.29, 1.82) is 0 Å². The van der Waals surface area contributed by atoms with Crippen molar-refractivity contribution in [3.8, 4) is 5.75 Å². The zero-order chi connectivity index (χ0) is 20.4. The summed E-state index contributed by atoms with van der Waals surface area (Å²) < 4.78 is 11.6. The topological polar surface area (TPSA) is 84.0 Å². The minimum absolute atomic E-state index is 0.0337. The van der Waals surface area contributed by atoms with Gasteiger partial charge in [-0.25, -0.2) is 4.99 Å². The molecule has 7 heteroatoms. The highest BCUT2D eigenvalue weighted by Gasteiger charge is 2.18. The maximum atomic E-state index is 11.8. The molecular weight excluding hydrogens is 356 g/mol. The van der Waals surface area contributed by atoms with Gasteiger partial charge in [0.15, 0.2) is 5.96 Å². The van der Waals surface area contributed by atoms with Gasteiger partial charge in [0.1, 0.15) is 11.9 Å². The van der Waals surface area contributed by atoms with Gasteiger partial charge in [-0.3, -0.25) is 4.79 Å². The highest BCUT2D eigenvalue weighted by molar-refractivity contribution is 5.81. The first-order valence-corrected chi connectivity index (χ1v) is 10.1. The number of carbonyl (C=O) groups is 1. The summed E-state index contributed by atoms with van der Waals surface area (Å²) >= 11 is 0. The monoisotopic (exact) mass is 390 g/mol. The van der Waals surface area contributed by atoms with E-state index in [0.29, 0.717) is 32.1 Å². The van der Waals surface area contributed by atoms with Crippen LogP contribution in [0.25, 0.3) is 0 Å². The number of ether oxygens (including phenoxy) is 2. The lowest BCUT2D eigenvalue weighted by Crippen LogP contribution is -2.40. The molecule has 1 atom stereocenters. The first-order valence-electron chi connectivity index (χ1n) is 10.1. The normalized spacial score (nSPS) is 16.9. The Balaban J connectivity index is 1.96. The van der Waals surface area contributed by atoms with Crippen LogP contribution in [0.5, 0.6) is 5.75 Å². The number of guanidine groups is 1. The van der Waals surface area contributed by atoms with Crippen LogP contribution in [0.2, 0.25) is 0 Å². The molecule has 28 heavy (non-hydrogen) atoms. The maximum Gasteiger partial charge on any atom is 0.221 e. The molecule has 0 bridgehead atoms. The smallest absolute Gasteiger partial charge is 0.221 e. The lowest BCUT2D eigenvalue weighted by atomic mass is 10.1. The number of carbonyl (C=O) groups excluding carboxylic acids is 1. The average molecular weight is 391 g/mol. The fourth-order valence-corrected chi connectivity index (χ4v) is 2.88. The fraction of sp³-hybridized carbons (Fsp3) is 0.619. The number of aryl methyl sites for hydroxylation is 1. The molecular formula is C21H34N4O3. The van der Waals surface area contributed by atoms with Crippen LogP contribution in [-0.4, -0.2) is 50.3 Å². The number of amides is 1. The van der Waals surface area contributed by atoms with Crippen LogP contribution >= 0.6 is 0 Å². The van der Waals surface area contributed by atoms with Gasteiger partial charge in [0.05, 0.1) is 19.8 Å². The van der Waals surface area contributed by atoms with E-state index in [9.17, 15) is 4.79 Å². The molecule has 0 aromatic heterocycles. The van der Waals surface area contributed by atoms with Gasteiger partial charge in [-0.15, -0.1) is 0 Å². The Morgan fingerprint density at radius 3 is 2.86 bits per heavy atom. The second kappa shape index (κ2) is 11.5. The predicted octanol–water partition coefficient (Wildman–Crippen LogP) is 2.13. The van der Waals surface area contributed by atoms with E-state index in [-0.39, 0.29) is 18.1 Å². The van der Waals surface area contributed by atoms with E-state index >= 15 is 0 Å². The number of nitrogens with one attached hydrogen (secondary N) is 3.